The number of halogens is 1. The van der Waals surface area contributed by atoms with Crippen molar-refractivity contribution < 1.29 is 17.9 Å². The lowest BCUT2D eigenvalue weighted by atomic mass is 10.1. The van der Waals surface area contributed by atoms with E-state index in [0.717, 1.165) is 5.56 Å². The minimum atomic E-state index is -3.49. The van der Waals surface area contributed by atoms with Crippen molar-refractivity contribution >= 4 is 28.3 Å². The van der Waals surface area contributed by atoms with E-state index < -0.39 is 10.0 Å². The van der Waals surface area contributed by atoms with Gasteiger partial charge >= 0.3 is 0 Å². The fourth-order valence-corrected chi connectivity index (χ4v) is 2.61. The summed E-state index contributed by atoms with van der Waals surface area (Å²) in [6.07, 6.45) is 0. The van der Waals surface area contributed by atoms with Gasteiger partial charge in [-0.3, -0.25) is 4.79 Å². The number of ether oxygens (including phenoxy) is 1. The smallest absolute Gasteiger partial charge is 0.240 e. The van der Waals surface area contributed by atoms with Crippen molar-refractivity contribution in [3.8, 4) is 0 Å². The molecule has 0 radical (unpaired) electrons. The van der Waals surface area contributed by atoms with Gasteiger partial charge in [0.1, 0.15) is 0 Å². The standard InChI is InChI=1S/C14H23N3O4S.ClH/c1-11(17-14(18)10-16-7-8-21-3)12-5-4-6-13(9-12)22(19,20)15-2;/h4-6,9,11,15-16H,7-8,10H2,1-3H3,(H,17,18);1H. The van der Waals surface area contributed by atoms with Gasteiger partial charge in [0.2, 0.25) is 15.9 Å². The molecule has 9 heteroatoms. The molecule has 1 aromatic carbocycles. The van der Waals surface area contributed by atoms with E-state index in [1.165, 1.54) is 13.1 Å². The zero-order valence-electron chi connectivity index (χ0n) is 13.5. The maximum absolute atomic E-state index is 11.8. The van der Waals surface area contributed by atoms with Gasteiger partial charge in [-0.1, -0.05) is 12.1 Å². The molecule has 1 atom stereocenters. The molecule has 1 unspecified atom stereocenters. The molecule has 132 valence electrons. The van der Waals surface area contributed by atoms with E-state index in [1.54, 1.807) is 32.2 Å². The fraction of sp³-hybridized carbons (Fsp3) is 0.500. The Balaban J connectivity index is 0.00000484. The summed E-state index contributed by atoms with van der Waals surface area (Å²) >= 11 is 0. The molecular weight excluding hydrogens is 342 g/mol. The molecule has 7 nitrogen and oxygen atoms in total. The third kappa shape index (κ3) is 7.28. The molecule has 0 aromatic heterocycles. The van der Waals surface area contributed by atoms with Crippen LogP contribution in [-0.2, 0) is 19.6 Å². The Morgan fingerprint density at radius 3 is 2.65 bits per heavy atom. The van der Waals surface area contributed by atoms with Crippen molar-refractivity contribution in [3.05, 3.63) is 29.8 Å². The summed E-state index contributed by atoms with van der Waals surface area (Å²) in [5.74, 6) is -0.162. The Kier molecular flexibility index (Phi) is 10.0. The Bertz CT molecular complexity index is 595. The normalized spacial score (nSPS) is 12.3. The predicted octanol–water partition coefficient (Wildman–Crippen LogP) is 0.430. The number of rotatable bonds is 9. The highest BCUT2D eigenvalue weighted by Gasteiger charge is 2.14. The second-order valence-corrected chi connectivity index (χ2v) is 6.63. The molecule has 0 bridgehead atoms. The zero-order chi connectivity index (χ0) is 16.6. The van der Waals surface area contributed by atoms with Gasteiger partial charge in [-0.15, -0.1) is 12.4 Å². The second kappa shape index (κ2) is 10.6. The van der Waals surface area contributed by atoms with E-state index in [4.69, 9.17) is 4.74 Å². The molecule has 0 aliphatic carbocycles. The molecule has 0 heterocycles. The summed E-state index contributed by atoms with van der Waals surface area (Å²) in [6.45, 7) is 3.11. The van der Waals surface area contributed by atoms with E-state index in [0.29, 0.717) is 13.2 Å². The van der Waals surface area contributed by atoms with Crippen LogP contribution in [0.15, 0.2) is 29.2 Å². The Labute approximate surface area is 143 Å². The minimum Gasteiger partial charge on any atom is -0.383 e. The quantitative estimate of drug-likeness (QED) is 0.551. The largest absolute Gasteiger partial charge is 0.383 e. The molecule has 1 amide bonds. The monoisotopic (exact) mass is 365 g/mol. The molecule has 23 heavy (non-hydrogen) atoms. The number of carbonyl (C=O) groups excluding carboxylic acids is 1. The molecule has 0 aliphatic rings. The number of nitrogens with one attached hydrogen (secondary N) is 3. The molecule has 0 aliphatic heterocycles. The van der Waals surface area contributed by atoms with Gasteiger partial charge in [0.15, 0.2) is 0 Å². The van der Waals surface area contributed by atoms with Gasteiger partial charge < -0.3 is 15.4 Å². The van der Waals surface area contributed by atoms with Gasteiger partial charge in [-0.2, -0.15) is 0 Å². The third-order valence-corrected chi connectivity index (χ3v) is 4.50. The van der Waals surface area contributed by atoms with Crippen LogP contribution in [0.1, 0.15) is 18.5 Å². The number of carbonyl (C=O) groups is 1. The molecule has 3 N–H and O–H groups in total. The van der Waals surface area contributed by atoms with Crippen LogP contribution in [0.3, 0.4) is 0 Å². The highest BCUT2D eigenvalue weighted by molar-refractivity contribution is 7.89. The summed E-state index contributed by atoms with van der Waals surface area (Å²) in [5, 5.41) is 5.76. The first kappa shape index (κ1) is 21.8. The van der Waals surface area contributed by atoms with Gasteiger partial charge in [0, 0.05) is 13.7 Å². The van der Waals surface area contributed by atoms with Crippen molar-refractivity contribution in [3.63, 3.8) is 0 Å². The number of hydrogen-bond acceptors (Lipinski definition) is 5. The molecule has 0 saturated heterocycles. The average molecular weight is 366 g/mol. The van der Waals surface area contributed by atoms with Crippen molar-refractivity contribution in [1.82, 2.24) is 15.4 Å². The van der Waals surface area contributed by atoms with Crippen molar-refractivity contribution in [2.45, 2.75) is 17.9 Å². The maximum atomic E-state index is 11.8. The molecule has 1 rings (SSSR count). The van der Waals surface area contributed by atoms with E-state index in [2.05, 4.69) is 15.4 Å². The van der Waals surface area contributed by atoms with Crippen LogP contribution in [0.2, 0.25) is 0 Å². The lowest BCUT2D eigenvalue weighted by Gasteiger charge is -2.15. The van der Waals surface area contributed by atoms with E-state index in [9.17, 15) is 13.2 Å². The predicted molar refractivity (Wildman–Crippen MR) is 91.2 cm³/mol. The van der Waals surface area contributed by atoms with Crippen LogP contribution < -0.4 is 15.4 Å². The van der Waals surface area contributed by atoms with Crippen molar-refractivity contribution in [2.75, 3.05) is 33.9 Å². The summed E-state index contributed by atoms with van der Waals surface area (Å²) in [6, 6.07) is 6.20. The third-order valence-electron chi connectivity index (χ3n) is 3.08. The van der Waals surface area contributed by atoms with Crippen LogP contribution in [0.5, 0.6) is 0 Å². The van der Waals surface area contributed by atoms with Gasteiger partial charge in [0.25, 0.3) is 0 Å². The van der Waals surface area contributed by atoms with Crippen LogP contribution in [0, 0.1) is 0 Å². The summed E-state index contributed by atoms with van der Waals surface area (Å²) in [7, 11) is -0.539. The van der Waals surface area contributed by atoms with Crippen molar-refractivity contribution in [1.29, 1.82) is 0 Å². The van der Waals surface area contributed by atoms with E-state index >= 15 is 0 Å². The Morgan fingerprint density at radius 2 is 2.04 bits per heavy atom. The first-order valence-electron chi connectivity index (χ1n) is 6.93. The summed E-state index contributed by atoms with van der Waals surface area (Å²) in [4.78, 5) is 12.0. The minimum absolute atomic E-state index is 0. The SMILES string of the molecule is CNS(=O)(=O)c1cccc(C(C)NC(=O)CNCCOC)c1.Cl. The average Bonchev–Trinajstić information content (AvgIpc) is 2.51. The van der Waals surface area contributed by atoms with Gasteiger partial charge in [-0.25, -0.2) is 13.1 Å². The lowest BCUT2D eigenvalue weighted by molar-refractivity contribution is -0.120. The highest BCUT2D eigenvalue weighted by atomic mass is 35.5. The number of sulfonamides is 1. The number of hydrogen-bond donors (Lipinski definition) is 3. The lowest BCUT2D eigenvalue weighted by Crippen LogP contribution is -2.36. The molecule has 0 fully saturated rings. The summed E-state index contributed by atoms with van der Waals surface area (Å²) in [5.41, 5.74) is 0.724. The van der Waals surface area contributed by atoms with Crippen LogP contribution in [0.4, 0.5) is 0 Å². The van der Waals surface area contributed by atoms with Crippen LogP contribution >= 0.6 is 12.4 Å². The van der Waals surface area contributed by atoms with Crippen LogP contribution in [0.25, 0.3) is 0 Å². The topological polar surface area (TPSA) is 96.5 Å². The Hall–Kier alpha value is -1.19. The van der Waals surface area contributed by atoms with E-state index in [1.807, 2.05) is 0 Å². The molecule has 0 spiro atoms. The maximum Gasteiger partial charge on any atom is 0.240 e. The number of amides is 1. The first-order chi connectivity index (χ1) is 10.4. The van der Waals surface area contributed by atoms with E-state index in [-0.39, 0.29) is 35.8 Å². The summed E-state index contributed by atoms with van der Waals surface area (Å²) < 4.78 is 30.7. The molecular formula is C14H24ClN3O4S. The Morgan fingerprint density at radius 1 is 1.35 bits per heavy atom. The zero-order valence-corrected chi connectivity index (χ0v) is 15.1. The van der Waals surface area contributed by atoms with Gasteiger partial charge in [0.05, 0.1) is 24.1 Å². The fourth-order valence-electron chi connectivity index (χ4n) is 1.82. The number of benzene rings is 1. The van der Waals surface area contributed by atoms with Crippen molar-refractivity contribution in [2.24, 2.45) is 0 Å². The first-order valence-corrected chi connectivity index (χ1v) is 8.41. The highest BCUT2D eigenvalue weighted by Crippen LogP contribution is 2.17. The van der Waals surface area contributed by atoms with Gasteiger partial charge in [-0.05, 0) is 31.7 Å². The molecule has 0 saturated carbocycles. The van der Waals surface area contributed by atoms with Crippen LogP contribution in [-0.4, -0.2) is 48.2 Å². The molecule has 1 aromatic rings. The second-order valence-electron chi connectivity index (χ2n) is 4.74. The number of methoxy groups -OCH3 is 1.